The van der Waals surface area contributed by atoms with Gasteiger partial charge in [-0.05, 0) is 24.3 Å². The summed E-state index contributed by atoms with van der Waals surface area (Å²) >= 11 is 1.18. The van der Waals surface area contributed by atoms with Crippen molar-refractivity contribution in [2.24, 2.45) is 0 Å². The van der Waals surface area contributed by atoms with E-state index >= 15 is 0 Å². The number of nitro benzene ring substituents is 1. The van der Waals surface area contributed by atoms with Crippen molar-refractivity contribution >= 4 is 35.2 Å². The van der Waals surface area contributed by atoms with E-state index in [0.717, 1.165) is 5.69 Å². The van der Waals surface area contributed by atoms with Gasteiger partial charge in [-0.15, -0.1) is 10.2 Å². The first-order valence-corrected chi connectivity index (χ1v) is 11.3. The van der Waals surface area contributed by atoms with Crippen LogP contribution in [0.4, 0.5) is 11.6 Å². The number of carbonyl (C=O) groups is 2. The Morgan fingerprint density at radius 1 is 1.03 bits per heavy atom. The average molecular weight is 484 g/mol. The van der Waals surface area contributed by atoms with E-state index in [0.29, 0.717) is 37.4 Å². The lowest BCUT2D eigenvalue weighted by atomic mass is 10.2. The van der Waals surface area contributed by atoms with Gasteiger partial charge in [-0.2, -0.15) is 0 Å². The van der Waals surface area contributed by atoms with Crippen LogP contribution in [0.5, 0.6) is 0 Å². The molecule has 0 spiro atoms. The fraction of sp³-hybridized carbons (Fsp3) is 0.238. The largest absolute Gasteiger partial charge is 0.378 e. The number of aromatic nitrogens is 3. The number of hydrazine groups is 1. The van der Waals surface area contributed by atoms with E-state index in [9.17, 15) is 19.7 Å². The van der Waals surface area contributed by atoms with E-state index in [1.54, 1.807) is 0 Å². The summed E-state index contributed by atoms with van der Waals surface area (Å²) in [5, 5.41) is 19.9. The lowest BCUT2D eigenvalue weighted by molar-refractivity contribution is -0.384. The predicted molar refractivity (Wildman–Crippen MR) is 124 cm³/mol. The number of morpholine rings is 1. The molecule has 4 rings (SSSR count). The molecule has 2 aromatic carbocycles. The van der Waals surface area contributed by atoms with Crippen LogP contribution >= 0.6 is 11.8 Å². The van der Waals surface area contributed by atoms with Crippen molar-refractivity contribution in [2.45, 2.75) is 5.16 Å². The van der Waals surface area contributed by atoms with Gasteiger partial charge in [-0.25, -0.2) is 0 Å². The first-order chi connectivity index (χ1) is 16.5. The van der Waals surface area contributed by atoms with Crippen LogP contribution in [0.25, 0.3) is 5.69 Å². The molecule has 0 saturated carbocycles. The minimum Gasteiger partial charge on any atom is -0.378 e. The molecule has 2 amide bonds. The zero-order chi connectivity index (χ0) is 23.9. The average Bonchev–Trinajstić information content (AvgIpc) is 3.31. The Morgan fingerprint density at radius 2 is 1.74 bits per heavy atom. The second-order valence-corrected chi connectivity index (χ2v) is 8.09. The molecule has 1 saturated heterocycles. The molecule has 1 aliphatic heterocycles. The zero-order valence-corrected chi connectivity index (χ0v) is 18.7. The topological polar surface area (TPSA) is 145 Å². The van der Waals surface area contributed by atoms with Gasteiger partial charge in [0.15, 0.2) is 5.16 Å². The fourth-order valence-electron chi connectivity index (χ4n) is 3.23. The van der Waals surface area contributed by atoms with Gasteiger partial charge >= 0.3 is 0 Å². The highest BCUT2D eigenvalue weighted by Gasteiger charge is 2.22. The van der Waals surface area contributed by atoms with Crippen molar-refractivity contribution in [3.8, 4) is 5.69 Å². The van der Waals surface area contributed by atoms with Crippen molar-refractivity contribution < 1.29 is 19.2 Å². The maximum atomic E-state index is 12.3. The molecule has 176 valence electrons. The van der Waals surface area contributed by atoms with Crippen LogP contribution in [0.1, 0.15) is 10.4 Å². The molecule has 2 heterocycles. The van der Waals surface area contributed by atoms with E-state index in [2.05, 4.69) is 25.9 Å². The predicted octanol–water partition coefficient (Wildman–Crippen LogP) is 1.57. The number of para-hydroxylation sites is 1. The minimum atomic E-state index is -0.588. The standard InChI is InChI=1S/C21H21N7O5S/c29-18(22-23-19(30)15-6-8-17(9-7-15)28(31)32)14-34-21-25-24-20(26-10-12-33-13-11-26)27(21)16-4-2-1-3-5-16/h1-9H,10-14H2,(H,22,29)(H,23,30). The maximum absolute atomic E-state index is 12.3. The molecule has 1 fully saturated rings. The van der Waals surface area contributed by atoms with Crippen LogP contribution in [0.2, 0.25) is 0 Å². The molecule has 0 bridgehead atoms. The van der Waals surface area contributed by atoms with E-state index in [1.165, 1.54) is 36.0 Å². The molecule has 0 aliphatic carbocycles. The SMILES string of the molecule is O=C(CSc1nnc(N2CCOCC2)n1-c1ccccc1)NNC(=O)c1ccc([N+](=O)[O-])cc1. The van der Waals surface area contributed by atoms with Crippen LogP contribution in [0, 0.1) is 10.1 Å². The number of hydrogen-bond donors (Lipinski definition) is 2. The highest BCUT2D eigenvalue weighted by Crippen LogP contribution is 2.27. The van der Waals surface area contributed by atoms with Crippen molar-refractivity contribution in [3.63, 3.8) is 0 Å². The molecule has 1 aliphatic rings. The van der Waals surface area contributed by atoms with Crippen LogP contribution in [-0.4, -0.2) is 63.6 Å². The van der Waals surface area contributed by atoms with Crippen molar-refractivity contribution in [2.75, 3.05) is 37.0 Å². The minimum absolute atomic E-state index is 0.0192. The lowest BCUT2D eigenvalue weighted by Gasteiger charge is -2.27. The fourth-order valence-corrected chi connectivity index (χ4v) is 3.97. The monoisotopic (exact) mass is 483 g/mol. The number of hydrogen-bond acceptors (Lipinski definition) is 9. The Bertz CT molecular complexity index is 1160. The highest BCUT2D eigenvalue weighted by molar-refractivity contribution is 7.99. The Balaban J connectivity index is 1.39. The third-order valence-electron chi connectivity index (χ3n) is 4.91. The summed E-state index contributed by atoms with van der Waals surface area (Å²) in [6, 6.07) is 14.7. The molecular formula is C21H21N7O5S. The smallest absolute Gasteiger partial charge is 0.269 e. The normalized spacial score (nSPS) is 13.4. The number of rotatable bonds is 7. The molecule has 3 aromatic rings. The second-order valence-electron chi connectivity index (χ2n) is 7.15. The third kappa shape index (κ3) is 5.50. The summed E-state index contributed by atoms with van der Waals surface area (Å²) in [5.41, 5.74) is 5.55. The summed E-state index contributed by atoms with van der Waals surface area (Å²) in [7, 11) is 0. The molecule has 0 unspecified atom stereocenters. The highest BCUT2D eigenvalue weighted by atomic mass is 32.2. The Morgan fingerprint density at radius 3 is 2.41 bits per heavy atom. The van der Waals surface area contributed by atoms with Crippen molar-refractivity contribution in [3.05, 3.63) is 70.3 Å². The van der Waals surface area contributed by atoms with E-state index in [4.69, 9.17) is 4.74 Å². The number of nitro groups is 1. The number of carbonyl (C=O) groups excluding carboxylic acids is 2. The number of benzene rings is 2. The van der Waals surface area contributed by atoms with Gasteiger partial charge in [0.05, 0.1) is 29.6 Å². The number of anilines is 1. The van der Waals surface area contributed by atoms with Crippen LogP contribution in [-0.2, 0) is 9.53 Å². The third-order valence-corrected chi connectivity index (χ3v) is 5.84. The maximum Gasteiger partial charge on any atom is 0.269 e. The molecule has 1 aromatic heterocycles. The number of ether oxygens (including phenoxy) is 1. The summed E-state index contributed by atoms with van der Waals surface area (Å²) in [6.07, 6.45) is 0. The van der Waals surface area contributed by atoms with Crippen molar-refractivity contribution in [1.82, 2.24) is 25.6 Å². The Hall–Kier alpha value is -3.97. The molecule has 0 radical (unpaired) electrons. The van der Waals surface area contributed by atoms with Gasteiger partial charge in [-0.3, -0.25) is 35.1 Å². The van der Waals surface area contributed by atoms with E-state index < -0.39 is 16.7 Å². The molecular weight excluding hydrogens is 462 g/mol. The summed E-state index contributed by atoms with van der Waals surface area (Å²) < 4.78 is 7.31. The van der Waals surface area contributed by atoms with Crippen LogP contribution in [0.15, 0.2) is 59.8 Å². The van der Waals surface area contributed by atoms with Gasteiger partial charge < -0.3 is 9.64 Å². The summed E-state index contributed by atoms with van der Waals surface area (Å²) in [5.74, 6) is -0.385. The summed E-state index contributed by atoms with van der Waals surface area (Å²) in [6.45, 7) is 2.57. The number of nitrogens with zero attached hydrogens (tertiary/aromatic N) is 5. The Labute approximate surface area is 198 Å². The second kappa shape index (κ2) is 10.8. The van der Waals surface area contributed by atoms with E-state index in [-0.39, 0.29) is 17.0 Å². The number of thioether (sulfide) groups is 1. The van der Waals surface area contributed by atoms with Gasteiger partial charge in [0.2, 0.25) is 11.9 Å². The molecule has 13 heteroatoms. The van der Waals surface area contributed by atoms with Gasteiger partial charge in [0.25, 0.3) is 11.6 Å². The molecule has 34 heavy (non-hydrogen) atoms. The van der Waals surface area contributed by atoms with Gasteiger partial charge in [0, 0.05) is 30.8 Å². The Kier molecular flexibility index (Phi) is 7.34. The number of nitrogens with one attached hydrogen (secondary N) is 2. The van der Waals surface area contributed by atoms with Crippen LogP contribution in [0.3, 0.4) is 0 Å². The van der Waals surface area contributed by atoms with Crippen LogP contribution < -0.4 is 15.8 Å². The van der Waals surface area contributed by atoms with Gasteiger partial charge in [-0.1, -0.05) is 30.0 Å². The lowest BCUT2D eigenvalue weighted by Crippen LogP contribution is -2.42. The van der Waals surface area contributed by atoms with Gasteiger partial charge in [0.1, 0.15) is 0 Å². The number of non-ortho nitro benzene ring substituents is 1. The summed E-state index contributed by atoms with van der Waals surface area (Å²) in [4.78, 5) is 36.8. The molecule has 12 nitrogen and oxygen atoms in total. The molecule has 2 N–H and O–H groups in total. The number of amides is 2. The molecule has 0 atom stereocenters. The first kappa shape index (κ1) is 23.2. The quantitative estimate of drug-likeness (QED) is 0.290. The zero-order valence-electron chi connectivity index (χ0n) is 17.9. The first-order valence-electron chi connectivity index (χ1n) is 10.3. The van der Waals surface area contributed by atoms with E-state index in [1.807, 2.05) is 34.9 Å². The van der Waals surface area contributed by atoms with Crippen molar-refractivity contribution in [1.29, 1.82) is 0 Å².